The summed E-state index contributed by atoms with van der Waals surface area (Å²) < 4.78 is 29.4. The van der Waals surface area contributed by atoms with Gasteiger partial charge in [0.2, 0.25) is 10.8 Å². The van der Waals surface area contributed by atoms with Gasteiger partial charge in [-0.2, -0.15) is 0 Å². The number of carbonyl (C=O) groups is 1. The van der Waals surface area contributed by atoms with Gasteiger partial charge < -0.3 is 19.5 Å². The number of hydrogen-bond donors (Lipinski definition) is 1. The molecule has 0 radical (unpaired) electrons. The number of rotatable bonds is 8. The summed E-state index contributed by atoms with van der Waals surface area (Å²) in [6.45, 7) is 2.32. The first kappa shape index (κ1) is 22.5. The predicted octanol–water partition coefficient (Wildman–Crippen LogP) is 5.08. The van der Waals surface area contributed by atoms with Gasteiger partial charge in [-0.25, -0.2) is 4.39 Å². The van der Waals surface area contributed by atoms with Crippen molar-refractivity contribution in [1.29, 1.82) is 0 Å². The Kier molecular flexibility index (Phi) is 7.43. The standard InChI is InChI=1S/C21H19ClFN3O4S/c1-4-30-18-16(28-2)10-12(11-17(18)29-3)9-15(22)20-25-26-21(31-20)19(27)24-14-7-5-13(23)6-8-14/h5-11H,4H2,1-3H3,(H,24,27)/b15-9+. The Balaban J connectivity index is 1.82. The van der Waals surface area contributed by atoms with Crippen molar-refractivity contribution in [3.63, 3.8) is 0 Å². The fourth-order valence-corrected chi connectivity index (χ4v) is 3.53. The van der Waals surface area contributed by atoms with Gasteiger partial charge in [0.05, 0.1) is 25.9 Å². The van der Waals surface area contributed by atoms with Crippen LogP contribution >= 0.6 is 22.9 Å². The smallest absolute Gasteiger partial charge is 0.286 e. The highest BCUT2D eigenvalue weighted by Gasteiger charge is 2.17. The van der Waals surface area contributed by atoms with E-state index in [4.69, 9.17) is 25.8 Å². The zero-order valence-corrected chi connectivity index (χ0v) is 18.5. The lowest BCUT2D eigenvalue weighted by atomic mass is 10.1. The van der Waals surface area contributed by atoms with Crippen molar-refractivity contribution in [3.8, 4) is 17.2 Å². The number of benzene rings is 2. The number of nitrogens with zero attached hydrogens (tertiary/aromatic N) is 2. The van der Waals surface area contributed by atoms with Crippen LogP contribution in [0.1, 0.15) is 27.3 Å². The Morgan fingerprint density at radius 1 is 1.13 bits per heavy atom. The summed E-state index contributed by atoms with van der Waals surface area (Å²) in [5.41, 5.74) is 1.13. The van der Waals surface area contributed by atoms with E-state index in [-0.39, 0.29) is 10.0 Å². The van der Waals surface area contributed by atoms with E-state index in [1.807, 2.05) is 6.92 Å². The maximum absolute atomic E-state index is 13.0. The molecule has 2 aromatic carbocycles. The Hall–Kier alpha value is -3.17. The third kappa shape index (κ3) is 5.50. The first-order valence-corrected chi connectivity index (χ1v) is 10.3. The molecule has 0 unspecified atom stereocenters. The van der Waals surface area contributed by atoms with Crippen LogP contribution in [0.15, 0.2) is 36.4 Å². The fourth-order valence-electron chi connectivity index (χ4n) is 2.61. The molecule has 0 aliphatic carbocycles. The van der Waals surface area contributed by atoms with Gasteiger partial charge in [0.1, 0.15) is 5.82 Å². The topological polar surface area (TPSA) is 82.6 Å². The molecular weight excluding hydrogens is 445 g/mol. The third-order valence-electron chi connectivity index (χ3n) is 3.99. The molecule has 0 aliphatic heterocycles. The van der Waals surface area contributed by atoms with E-state index in [9.17, 15) is 9.18 Å². The molecule has 3 aromatic rings. The molecule has 0 fully saturated rings. The molecule has 7 nitrogen and oxygen atoms in total. The summed E-state index contributed by atoms with van der Waals surface area (Å²) in [5.74, 6) is 0.624. The number of nitrogens with one attached hydrogen (secondary N) is 1. The number of carbonyl (C=O) groups excluding carboxylic acids is 1. The Morgan fingerprint density at radius 3 is 2.32 bits per heavy atom. The first-order chi connectivity index (χ1) is 14.9. The average Bonchev–Trinajstić information content (AvgIpc) is 3.27. The van der Waals surface area contributed by atoms with Crippen LogP contribution in [0.5, 0.6) is 17.2 Å². The van der Waals surface area contributed by atoms with Crippen LogP contribution in [0.2, 0.25) is 0 Å². The van der Waals surface area contributed by atoms with E-state index in [1.165, 1.54) is 38.5 Å². The highest BCUT2D eigenvalue weighted by Crippen LogP contribution is 2.39. The minimum Gasteiger partial charge on any atom is -0.493 e. The van der Waals surface area contributed by atoms with Gasteiger partial charge in [0, 0.05) is 5.69 Å². The van der Waals surface area contributed by atoms with Crippen molar-refractivity contribution < 1.29 is 23.4 Å². The van der Waals surface area contributed by atoms with Crippen LogP contribution in [-0.4, -0.2) is 36.9 Å². The second kappa shape index (κ2) is 10.2. The summed E-state index contributed by atoms with van der Waals surface area (Å²) in [4.78, 5) is 12.4. The normalized spacial score (nSPS) is 11.2. The molecule has 1 heterocycles. The summed E-state index contributed by atoms with van der Waals surface area (Å²) >= 11 is 7.44. The van der Waals surface area contributed by atoms with E-state index in [2.05, 4.69) is 15.5 Å². The van der Waals surface area contributed by atoms with Crippen LogP contribution in [0.3, 0.4) is 0 Å². The molecule has 162 valence electrons. The molecule has 0 spiro atoms. The van der Waals surface area contributed by atoms with Crippen LogP contribution < -0.4 is 19.5 Å². The van der Waals surface area contributed by atoms with E-state index in [0.717, 1.165) is 11.3 Å². The molecular formula is C21H19ClFN3O4S. The number of anilines is 1. The van der Waals surface area contributed by atoms with Gasteiger partial charge in [-0.3, -0.25) is 4.79 Å². The van der Waals surface area contributed by atoms with E-state index in [1.54, 1.807) is 18.2 Å². The Bertz CT molecular complexity index is 1080. The summed E-state index contributed by atoms with van der Waals surface area (Å²) in [6.07, 6.45) is 1.66. The van der Waals surface area contributed by atoms with Crippen molar-refractivity contribution >= 4 is 45.6 Å². The van der Waals surface area contributed by atoms with Gasteiger partial charge in [0.15, 0.2) is 16.5 Å². The number of methoxy groups -OCH3 is 2. The third-order valence-corrected chi connectivity index (χ3v) is 5.35. The lowest BCUT2D eigenvalue weighted by Crippen LogP contribution is -2.11. The van der Waals surface area contributed by atoms with Crippen molar-refractivity contribution in [2.75, 3.05) is 26.1 Å². The van der Waals surface area contributed by atoms with Crippen LogP contribution in [-0.2, 0) is 0 Å². The maximum Gasteiger partial charge on any atom is 0.286 e. The van der Waals surface area contributed by atoms with Crippen molar-refractivity contribution in [2.45, 2.75) is 6.92 Å². The summed E-state index contributed by atoms with van der Waals surface area (Å²) in [7, 11) is 3.06. The number of halogens is 2. The highest BCUT2D eigenvalue weighted by atomic mass is 35.5. The van der Waals surface area contributed by atoms with Crippen LogP contribution in [0.25, 0.3) is 11.1 Å². The Morgan fingerprint density at radius 2 is 1.74 bits per heavy atom. The molecule has 3 rings (SSSR count). The predicted molar refractivity (Wildman–Crippen MR) is 119 cm³/mol. The van der Waals surface area contributed by atoms with E-state index >= 15 is 0 Å². The zero-order chi connectivity index (χ0) is 22.4. The molecule has 0 saturated carbocycles. The van der Waals surface area contributed by atoms with Crippen molar-refractivity contribution in [2.24, 2.45) is 0 Å². The monoisotopic (exact) mass is 463 g/mol. The molecule has 1 N–H and O–H groups in total. The van der Waals surface area contributed by atoms with E-state index < -0.39 is 11.7 Å². The molecule has 10 heteroatoms. The summed E-state index contributed by atoms with van der Waals surface area (Å²) in [6, 6.07) is 8.90. The van der Waals surface area contributed by atoms with Crippen LogP contribution in [0, 0.1) is 5.82 Å². The van der Waals surface area contributed by atoms with Crippen LogP contribution in [0.4, 0.5) is 10.1 Å². The van der Waals surface area contributed by atoms with Gasteiger partial charge in [-0.1, -0.05) is 22.9 Å². The second-order valence-corrected chi connectivity index (χ2v) is 7.44. The number of ether oxygens (including phenoxy) is 3. The highest BCUT2D eigenvalue weighted by molar-refractivity contribution is 7.15. The zero-order valence-electron chi connectivity index (χ0n) is 16.9. The molecule has 0 aliphatic rings. The molecule has 0 saturated heterocycles. The second-order valence-electron chi connectivity index (χ2n) is 6.05. The molecule has 1 aromatic heterocycles. The van der Waals surface area contributed by atoms with Gasteiger partial charge in [0.25, 0.3) is 5.91 Å². The minimum atomic E-state index is -0.468. The minimum absolute atomic E-state index is 0.118. The largest absolute Gasteiger partial charge is 0.493 e. The summed E-state index contributed by atoms with van der Waals surface area (Å²) in [5, 5.41) is 11.3. The lowest BCUT2D eigenvalue weighted by molar-refractivity contribution is 0.102. The Labute approximate surface area is 187 Å². The van der Waals surface area contributed by atoms with Crippen molar-refractivity contribution in [1.82, 2.24) is 10.2 Å². The van der Waals surface area contributed by atoms with Gasteiger partial charge >= 0.3 is 0 Å². The molecule has 1 amide bonds. The van der Waals surface area contributed by atoms with Gasteiger partial charge in [-0.05, 0) is 55.0 Å². The number of amides is 1. The fraction of sp³-hybridized carbons (Fsp3) is 0.190. The first-order valence-electron chi connectivity index (χ1n) is 9.12. The molecule has 31 heavy (non-hydrogen) atoms. The average molecular weight is 464 g/mol. The maximum atomic E-state index is 13.0. The number of hydrogen-bond acceptors (Lipinski definition) is 7. The lowest BCUT2D eigenvalue weighted by Gasteiger charge is -2.14. The quantitative estimate of drug-likeness (QED) is 0.501. The van der Waals surface area contributed by atoms with Gasteiger partial charge in [-0.15, -0.1) is 10.2 Å². The SMILES string of the molecule is CCOc1c(OC)cc(/C=C(/Cl)c2nnc(C(=O)Nc3ccc(F)cc3)s2)cc1OC. The molecule has 0 bridgehead atoms. The number of aromatic nitrogens is 2. The molecule has 0 atom stereocenters. The van der Waals surface area contributed by atoms with E-state index in [0.29, 0.717) is 40.1 Å². The van der Waals surface area contributed by atoms with Crippen molar-refractivity contribution in [3.05, 3.63) is 57.8 Å².